The Labute approximate surface area is 96.3 Å². The van der Waals surface area contributed by atoms with Crippen LogP contribution in [0.15, 0.2) is 4.99 Å². The normalized spacial score (nSPS) is 23.3. The molecule has 1 aliphatic carbocycles. The van der Waals surface area contributed by atoms with E-state index in [0.29, 0.717) is 16.7 Å². The van der Waals surface area contributed by atoms with Gasteiger partial charge in [0.1, 0.15) is 0 Å². The lowest BCUT2D eigenvalue weighted by molar-refractivity contribution is 0.457. The van der Waals surface area contributed by atoms with Crippen molar-refractivity contribution in [1.29, 1.82) is 5.26 Å². The van der Waals surface area contributed by atoms with Crippen molar-refractivity contribution in [1.82, 2.24) is 5.32 Å². The quantitative estimate of drug-likeness (QED) is 0.340. The molecule has 1 saturated carbocycles. The molecule has 1 fully saturated rings. The van der Waals surface area contributed by atoms with E-state index in [9.17, 15) is 0 Å². The lowest BCUT2D eigenvalue weighted by atomic mass is 10.0. The highest BCUT2D eigenvalue weighted by Crippen LogP contribution is 2.68. The number of amidine groups is 1. The number of nitrogens with zero attached hydrogens (tertiary/aromatic N) is 2. The summed E-state index contributed by atoms with van der Waals surface area (Å²) in [5.41, 5.74) is 0.735. The maximum absolute atomic E-state index is 8.50. The molecule has 1 N–H and O–H groups in total. The molecule has 1 rings (SSSR count). The largest absolute Gasteiger partial charge is 0.272 e. The highest BCUT2D eigenvalue weighted by atomic mass is 32.2. The summed E-state index contributed by atoms with van der Waals surface area (Å²) in [5, 5.41) is 11.8. The van der Waals surface area contributed by atoms with E-state index in [2.05, 4.69) is 38.0 Å². The second-order valence-corrected chi connectivity index (χ2v) is 5.88. The molecule has 0 unspecified atom stereocenters. The second kappa shape index (κ2) is 4.05. The van der Waals surface area contributed by atoms with Crippen molar-refractivity contribution in [3.05, 3.63) is 0 Å². The summed E-state index contributed by atoms with van der Waals surface area (Å²) in [7, 11) is 0. The van der Waals surface area contributed by atoms with Gasteiger partial charge in [-0.25, -0.2) is 0 Å². The van der Waals surface area contributed by atoms with E-state index >= 15 is 0 Å². The molecule has 0 saturated heterocycles. The topological polar surface area (TPSA) is 48.2 Å². The number of nitriles is 1. The van der Waals surface area contributed by atoms with Gasteiger partial charge in [0.2, 0.25) is 0 Å². The van der Waals surface area contributed by atoms with Gasteiger partial charge in [-0.2, -0.15) is 5.26 Å². The smallest absolute Gasteiger partial charge is 0.183 e. The van der Waals surface area contributed by atoms with Gasteiger partial charge >= 0.3 is 0 Å². The molecule has 0 aromatic heterocycles. The average Bonchev–Trinajstić information content (AvgIpc) is 2.53. The van der Waals surface area contributed by atoms with Gasteiger partial charge in [0, 0.05) is 6.54 Å². The summed E-state index contributed by atoms with van der Waals surface area (Å²) in [6.45, 7) is 9.94. The Kier molecular flexibility index (Phi) is 3.34. The molecule has 15 heavy (non-hydrogen) atoms. The SMILES string of the molecule is CSC(=NCC1C(C)(C)C1(C)C)NC#N. The lowest BCUT2D eigenvalue weighted by Gasteiger charge is -2.04. The number of hydrogen-bond acceptors (Lipinski definition) is 3. The highest BCUT2D eigenvalue weighted by Gasteiger charge is 2.64. The molecule has 0 aromatic rings. The molecule has 0 radical (unpaired) electrons. The minimum absolute atomic E-state index is 0.368. The van der Waals surface area contributed by atoms with E-state index in [1.165, 1.54) is 11.8 Å². The third kappa shape index (κ3) is 2.12. The van der Waals surface area contributed by atoms with Crippen LogP contribution in [0.1, 0.15) is 27.7 Å². The van der Waals surface area contributed by atoms with Gasteiger partial charge in [0.05, 0.1) is 0 Å². The predicted molar refractivity (Wildman–Crippen MR) is 65.6 cm³/mol. The van der Waals surface area contributed by atoms with E-state index in [-0.39, 0.29) is 0 Å². The van der Waals surface area contributed by atoms with E-state index in [1.807, 2.05) is 12.4 Å². The van der Waals surface area contributed by atoms with E-state index < -0.39 is 0 Å². The van der Waals surface area contributed by atoms with Crippen molar-refractivity contribution in [2.24, 2.45) is 21.7 Å². The average molecular weight is 225 g/mol. The Morgan fingerprint density at radius 2 is 1.93 bits per heavy atom. The third-order valence-electron chi connectivity index (χ3n) is 4.09. The summed E-state index contributed by atoms with van der Waals surface area (Å²) in [6, 6.07) is 0. The molecule has 84 valence electrons. The highest BCUT2D eigenvalue weighted by molar-refractivity contribution is 8.13. The molecule has 0 aliphatic heterocycles. The summed E-state index contributed by atoms with van der Waals surface area (Å²) in [4.78, 5) is 4.43. The van der Waals surface area contributed by atoms with Gasteiger partial charge in [-0.3, -0.25) is 10.3 Å². The van der Waals surface area contributed by atoms with Crippen molar-refractivity contribution in [3.8, 4) is 6.19 Å². The number of nitrogens with one attached hydrogen (secondary N) is 1. The number of aliphatic imine (C=N–C) groups is 1. The summed E-state index contributed by atoms with van der Waals surface area (Å²) in [6.07, 6.45) is 3.83. The van der Waals surface area contributed by atoms with Crippen LogP contribution < -0.4 is 5.32 Å². The molecule has 3 nitrogen and oxygen atoms in total. The molecular formula is C11H19N3S. The molecule has 4 heteroatoms. The lowest BCUT2D eigenvalue weighted by Crippen LogP contribution is -2.14. The standard InChI is InChI=1S/C11H19N3S/c1-10(2)8(11(10,3)4)6-13-9(15-5)14-7-12/h8H,6H2,1-5H3,(H,13,14). The zero-order valence-electron chi connectivity index (χ0n) is 10.1. The third-order valence-corrected chi connectivity index (χ3v) is 4.71. The molecule has 0 amide bonds. The van der Waals surface area contributed by atoms with Crippen LogP contribution in [-0.2, 0) is 0 Å². The maximum Gasteiger partial charge on any atom is 0.183 e. The second-order valence-electron chi connectivity index (χ2n) is 5.08. The van der Waals surface area contributed by atoms with E-state index in [4.69, 9.17) is 5.26 Å². The molecule has 1 aliphatic rings. The van der Waals surface area contributed by atoms with Crippen molar-refractivity contribution >= 4 is 16.9 Å². The van der Waals surface area contributed by atoms with Gasteiger partial charge in [-0.1, -0.05) is 39.5 Å². The first kappa shape index (κ1) is 12.4. The molecule has 0 bridgehead atoms. The first-order valence-electron chi connectivity index (χ1n) is 5.11. The first-order chi connectivity index (χ1) is 6.87. The van der Waals surface area contributed by atoms with Crippen molar-refractivity contribution in [2.45, 2.75) is 27.7 Å². The van der Waals surface area contributed by atoms with Gasteiger partial charge in [-0.15, -0.1) is 0 Å². The summed E-state index contributed by atoms with van der Waals surface area (Å²) >= 11 is 1.48. The number of thioether (sulfide) groups is 1. The first-order valence-corrected chi connectivity index (χ1v) is 6.34. The van der Waals surface area contributed by atoms with Crippen LogP contribution in [0.5, 0.6) is 0 Å². The molecule has 0 aromatic carbocycles. The fraction of sp³-hybridized carbons (Fsp3) is 0.818. The van der Waals surface area contributed by atoms with E-state index in [0.717, 1.165) is 11.7 Å². The van der Waals surface area contributed by atoms with Crippen LogP contribution in [0.3, 0.4) is 0 Å². The Morgan fingerprint density at radius 3 is 2.27 bits per heavy atom. The predicted octanol–water partition coefficient (Wildman–Crippen LogP) is 2.46. The maximum atomic E-state index is 8.50. The minimum Gasteiger partial charge on any atom is -0.272 e. The molecule has 0 atom stereocenters. The van der Waals surface area contributed by atoms with Gasteiger partial charge < -0.3 is 0 Å². The van der Waals surface area contributed by atoms with Crippen LogP contribution in [0.4, 0.5) is 0 Å². The van der Waals surface area contributed by atoms with Crippen molar-refractivity contribution in [3.63, 3.8) is 0 Å². The summed E-state index contributed by atoms with van der Waals surface area (Å²) in [5.74, 6) is 0.618. The fourth-order valence-corrected chi connectivity index (χ4v) is 2.52. The fourth-order valence-electron chi connectivity index (χ4n) is 2.17. The monoisotopic (exact) mass is 225 g/mol. The van der Waals surface area contributed by atoms with Gasteiger partial charge in [0.25, 0.3) is 0 Å². The minimum atomic E-state index is 0.368. The Balaban J connectivity index is 2.56. The number of rotatable bonds is 2. The van der Waals surface area contributed by atoms with Crippen LogP contribution in [0, 0.1) is 28.2 Å². The molecular weight excluding hydrogens is 206 g/mol. The van der Waals surface area contributed by atoms with Crippen LogP contribution in [0.2, 0.25) is 0 Å². The Bertz CT molecular complexity index is 298. The van der Waals surface area contributed by atoms with Gasteiger partial charge in [-0.05, 0) is 23.0 Å². The molecule has 0 spiro atoms. The number of hydrogen-bond donors (Lipinski definition) is 1. The Hall–Kier alpha value is -0.690. The van der Waals surface area contributed by atoms with Crippen molar-refractivity contribution < 1.29 is 0 Å². The van der Waals surface area contributed by atoms with Crippen LogP contribution in [0.25, 0.3) is 0 Å². The van der Waals surface area contributed by atoms with Crippen molar-refractivity contribution in [2.75, 3.05) is 12.8 Å². The molecule has 0 heterocycles. The van der Waals surface area contributed by atoms with Crippen LogP contribution >= 0.6 is 11.8 Å². The van der Waals surface area contributed by atoms with Gasteiger partial charge in [0.15, 0.2) is 11.4 Å². The summed E-state index contributed by atoms with van der Waals surface area (Å²) < 4.78 is 0. The van der Waals surface area contributed by atoms with Crippen LogP contribution in [-0.4, -0.2) is 18.0 Å². The van der Waals surface area contributed by atoms with E-state index in [1.54, 1.807) is 0 Å². The zero-order chi connectivity index (χ0) is 11.7. The Morgan fingerprint density at radius 1 is 1.40 bits per heavy atom. The zero-order valence-corrected chi connectivity index (χ0v) is 10.9.